The number of hydrogen-bond donors (Lipinski definition) is 1. The van der Waals surface area contributed by atoms with Gasteiger partial charge in [-0.15, -0.1) is 0 Å². The first kappa shape index (κ1) is 20.1. The van der Waals surface area contributed by atoms with Gasteiger partial charge < -0.3 is 14.7 Å². The number of anilines is 1. The maximum absolute atomic E-state index is 12.7. The van der Waals surface area contributed by atoms with Gasteiger partial charge in [-0.2, -0.15) is 5.10 Å². The number of amides is 3. The molecule has 1 aromatic heterocycles. The van der Waals surface area contributed by atoms with E-state index in [9.17, 15) is 14.4 Å². The zero-order chi connectivity index (χ0) is 21.3. The molecule has 2 saturated heterocycles. The number of benzene rings is 1. The van der Waals surface area contributed by atoms with Crippen molar-refractivity contribution in [3.8, 4) is 0 Å². The number of rotatable bonds is 4. The lowest BCUT2D eigenvalue weighted by Crippen LogP contribution is -2.42. The molecule has 1 N–H and O–H groups in total. The summed E-state index contributed by atoms with van der Waals surface area (Å²) in [4.78, 5) is 42.3. The SMILES string of the molecule is CN1CC(C(=O)N2CCC(c3cc(C(=O)N(C)c4ccccc4)n[nH]3)CC2)CC1=O. The van der Waals surface area contributed by atoms with E-state index >= 15 is 0 Å². The van der Waals surface area contributed by atoms with Gasteiger partial charge in [-0.05, 0) is 31.0 Å². The fourth-order valence-corrected chi connectivity index (χ4v) is 4.29. The summed E-state index contributed by atoms with van der Waals surface area (Å²) in [6.07, 6.45) is 1.94. The molecule has 2 aliphatic rings. The van der Waals surface area contributed by atoms with Crippen LogP contribution in [0.2, 0.25) is 0 Å². The highest BCUT2D eigenvalue weighted by atomic mass is 16.2. The van der Waals surface area contributed by atoms with Crippen LogP contribution in [0.3, 0.4) is 0 Å². The molecule has 1 aromatic carbocycles. The molecule has 3 heterocycles. The van der Waals surface area contributed by atoms with Crippen molar-refractivity contribution in [2.45, 2.75) is 25.2 Å². The second-order valence-electron chi connectivity index (χ2n) is 8.18. The largest absolute Gasteiger partial charge is 0.345 e. The van der Waals surface area contributed by atoms with Crippen molar-refractivity contribution in [3.05, 3.63) is 47.8 Å². The summed E-state index contributed by atoms with van der Waals surface area (Å²) in [5.41, 5.74) is 2.14. The standard InChI is InChI=1S/C22H27N5O3/c1-25-14-16(12-20(25)28)21(29)27-10-8-15(9-11-27)18-13-19(24-23-18)22(30)26(2)17-6-4-3-5-7-17/h3-7,13,15-16H,8-12,14H2,1-2H3,(H,23,24). The maximum atomic E-state index is 12.7. The Balaban J connectivity index is 1.35. The molecule has 1 unspecified atom stereocenters. The van der Waals surface area contributed by atoms with Crippen molar-refractivity contribution in [2.24, 2.45) is 5.92 Å². The third-order valence-electron chi connectivity index (χ3n) is 6.20. The summed E-state index contributed by atoms with van der Waals surface area (Å²) in [5.74, 6) is -0.0252. The van der Waals surface area contributed by atoms with E-state index in [0.717, 1.165) is 24.2 Å². The van der Waals surface area contributed by atoms with Gasteiger partial charge in [0.1, 0.15) is 0 Å². The monoisotopic (exact) mass is 409 g/mol. The van der Waals surface area contributed by atoms with Crippen molar-refractivity contribution >= 4 is 23.4 Å². The highest BCUT2D eigenvalue weighted by molar-refractivity contribution is 6.04. The lowest BCUT2D eigenvalue weighted by atomic mass is 9.92. The lowest BCUT2D eigenvalue weighted by Gasteiger charge is -2.33. The third-order valence-corrected chi connectivity index (χ3v) is 6.20. The Morgan fingerprint density at radius 2 is 1.87 bits per heavy atom. The van der Waals surface area contributed by atoms with Gasteiger partial charge >= 0.3 is 0 Å². The van der Waals surface area contributed by atoms with Crippen molar-refractivity contribution in [1.82, 2.24) is 20.0 Å². The van der Waals surface area contributed by atoms with E-state index in [2.05, 4.69) is 10.2 Å². The van der Waals surface area contributed by atoms with Gasteiger partial charge in [-0.25, -0.2) is 0 Å². The van der Waals surface area contributed by atoms with E-state index in [0.29, 0.717) is 31.7 Å². The van der Waals surface area contributed by atoms with Crippen molar-refractivity contribution in [1.29, 1.82) is 0 Å². The molecule has 1 atom stereocenters. The van der Waals surface area contributed by atoms with Gasteiger partial charge in [0.2, 0.25) is 11.8 Å². The summed E-state index contributed by atoms with van der Waals surface area (Å²) in [5, 5.41) is 7.25. The predicted octanol–water partition coefficient (Wildman–Crippen LogP) is 1.87. The number of nitrogens with one attached hydrogen (secondary N) is 1. The Kier molecular flexibility index (Phi) is 5.57. The quantitative estimate of drug-likeness (QED) is 0.835. The molecule has 158 valence electrons. The minimum absolute atomic E-state index is 0.0402. The van der Waals surface area contributed by atoms with E-state index in [4.69, 9.17) is 0 Å². The summed E-state index contributed by atoms with van der Waals surface area (Å²) < 4.78 is 0. The Morgan fingerprint density at radius 1 is 1.17 bits per heavy atom. The van der Waals surface area contributed by atoms with Gasteiger partial charge in [0, 0.05) is 57.4 Å². The summed E-state index contributed by atoms with van der Waals surface area (Å²) in [6, 6.07) is 11.3. The van der Waals surface area contributed by atoms with Crippen LogP contribution in [0.15, 0.2) is 36.4 Å². The molecule has 0 aliphatic carbocycles. The molecule has 8 heteroatoms. The zero-order valence-corrected chi connectivity index (χ0v) is 17.4. The predicted molar refractivity (Wildman–Crippen MR) is 112 cm³/mol. The van der Waals surface area contributed by atoms with E-state index in [1.54, 1.807) is 23.9 Å². The number of carbonyl (C=O) groups is 3. The van der Waals surface area contributed by atoms with Crippen LogP contribution in [0.4, 0.5) is 5.69 Å². The maximum Gasteiger partial charge on any atom is 0.278 e. The Hall–Kier alpha value is -3.16. The Bertz CT molecular complexity index is 933. The number of hydrogen-bond acceptors (Lipinski definition) is 4. The van der Waals surface area contributed by atoms with Gasteiger partial charge in [-0.3, -0.25) is 19.5 Å². The number of nitrogens with zero attached hydrogens (tertiary/aromatic N) is 4. The molecule has 0 radical (unpaired) electrons. The van der Waals surface area contributed by atoms with Gasteiger partial charge in [-0.1, -0.05) is 18.2 Å². The Labute approximate surface area is 175 Å². The van der Waals surface area contributed by atoms with Crippen LogP contribution in [0.1, 0.15) is 41.4 Å². The van der Waals surface area contributed by atoms with Crippen LogP contribution >= 0.6 is 0 Å². The van der Waals surface area contributed by atoms with Crippen LogP contribution in [0.25, 0.3) is 0 Å². The van der Waals surface area contributed by atoms with Crippen molar-refractivity contribution in [2.75, 3.05) is 38.6 Å². The summed E-state index contributed by atoms with van der Waals surface area (Å²) >= 11 is 0. The molecule has 0 bridgehead atoms. The molecule has 2 fully saturated rings. The number of carbonyl (C=O) groups excluding carboxylic acids is 3. The highest BCUT2D eigenvalue weighted by Gasteiger charge is 2.36. The lowest BCUT2D eigenvalue weighted by molar-refractivity contribution is -0.136. The van der Waals surface area contributed by atoms with Crippen LogP contribution in [-0.2, 0) is 9.59 Å². The second-order valence-corrected chi connectivity index (χ2v) is 8.18. The topological polar surface area (TPSA) is 89.6 Å². The van der Waals surface area contributed by atoms with Crippen LogP contribution in [0, 0.1) is 5.92 Å². The molecule has 0 spiro atoms. The summed E-state index contributed by atoms with van der Waals surface area (Å²) in [6.45, 7) is 1.83. The van der Waals surface area contributed by atoms with Crippen LogP contribution in [0.5, 0.6) is 0 Å². The van der Waals surface area contributed by atoms with E-state index in [-0.39, 0.29) is 29.6 Å². The van der Waals surface area contributed by atoms with Gasteiger partial charge in [0.15, 0.2) is 5.69 Å². The minimum atomic E-state index is -0.219. The van der Waals surface area contributed by atoms with Gasteiger partial charge in [0.25, 0.3) is 5.91 Å². The van der Waals surface area contributed by atoms with E-state index in [1.807, 2.05) is 41.3 Å². The molecule has 4 rings (SSSR count). The molecule has 8 nitrogen and oxygen atoms in total. The van der Waals surface area contributed by atoms with E-state index in [1.165, 1.54) is 0 Å². The average Bonchev–Trinajstić information content (AvgIpc) is 3.40. The number of para-hydroxylation sites is 1. The molecule has 2 aliphatic heterocycles. The molecule has 30 heavy (non-hydrogen) atoms. The van der Waals surface area contributed by atoms with Crippen LogP contribution < -0.4 is 4.90 Å². The molecule has 2 aromatic rings. The fraction of sp³-hybridized carbons (Fsp3) is 0.455. The highest BCUT2D eigenvalue weighted by Crippen LogP contribution is 2.29. The first-order valence-electron chi connectivity index (χ1n) is 10.3. The normalized spacial score (nSPS) is 19.9. The number of H-pyrrole nitrogens is 1. The number of piperidine rings is 1. The average molecular weight is 409 g/mol. The molecular weight excluding hydrogens is 382 g/mol. The fourth-order valence-electron chi connectivity index (χ4n) is 4.29. The molecular formula is C22H27N5O3. The molecule has 0 saturated carbocycles. The Morgan fingerprint density at radius 3 is 2.50 bits per heavy atom. The molecule has 3 amide bonds. The minimum Gasteiger partial charge on any atom is -0.345 e. The van der Waals surface area contributed by atoms with Gasteiger partial charge in [0.05, 0.1) is 5.92 Å². The number of aromatic amines is 1. The third kappa shape index (κ3) is 3.94. The zero-order valence-electron chi connectivity index (χ0n) is 17.4. The van der Waals surface area contributed by atoms with Crippen molar-refractivity contribution in [3.63, 3.8) is 0 Å². The number of likely N-dealkylation sites (tertiary alicyclic amines) is 2. The smallest absolute Gasteiger partial charge is 0.278 e. The number of aromatic nitrogens is 2. The second kappa shape index (κ2) is 8.30. The summed E-state index contributed by atoms with van der Waals surface area (Å²) in [7, 11) is 3.48. The first-order chi connectivity index (χ1) is 14.4. The first-order valence-corrected chi connectivity index (χ1v) is 10.3. The van der Waals surface area contributed by atoms with Crippen LogP contribution in [-0.4, -0.2) is 71.4 Å². The van der Waals surface area contributed by atoms with E-state index < -0.39 is 0 Å². The van der Waals surface area contributed by atoms with Crippen molar-refractivity contribution < 1.29 is 14.4 Å².